The smallest absolute Gasteiger partial charge is 0.427 e. The van der Waals surface area contributed by atoms with Crippen LogP contribution in [0, 0.1) is 5.92 Å². The molecule has 1 aliphatic carbocycles. The zero-order valence-electron chi connectivity index (χ0n) is 13.8. The number of rotatable bonds is 5. The van der Waals surface area contributed by atoms with Crippen molar-refractivity contribution in [1.29, 1.82) is 0 Å². The summed E-state index contributed by atoms with van der Waals surface area (Å²) in [4.78, 5) is 14.4. The van der Waals surface area contributed by atoms with Gasteiger partial charge < -0.3 is 19.5 Å². The first-order valence-electron chi connectivity index (χ1n) is 8.31. The van der Waals surface area contributed by atoms with Gasteiger partial charge in [0.25, 0.3) is 5.91 Å². The van der Waals surface area contributed by atoms with Gasteiger partial charge in [0.2, 0.25) is 0 Å². The monoisotopic (exact) mass is 377 g/mol. The van der Waals surface area contributed by atoms with Crippen LogP contribution in [0.1, 0.15) is 23.2 Å². The fourth-order valence-corrected chi connectivity index (χ4v) is 3.53. The molecule has 1 N–H and O–H groups in total. The topological polar surface area (TPSA) is 59.0 Å². The van der Waals surface area contributed by atoms with E-state index in [9.17, 15) is 27.5 Å². The zero-order chi connectivity index (χ0) is 18.9. The van der Waals surface area contributed by atoms with Crippen molar-refractivity contribution < 1.29 is 36.9 Å². The molecule has 0 aromatic heterocycles. The Labute approximate surface area is 147 Å². The second-order valence-corrected chi connectivity index (χ2v) is 6.46. The first kappa shape index (κ1) is 18.9. The third-order valence-corrected chi connectivity index (χ3v) is 4.77. The molecule has 144 valence electrons. The quantitative estimate of drug-likeness (QED) is 0.802. The molecule has 1 amide bonds. The average Bonchev–Trinajstić information content (AvgIpc) is 3.04. The molecule has 1 aromatic rings. The SMILES string of the molecule is O=C(c1ccccc1OC(F)(F)C(F)F)N1CCOC2C[C@H](CO)C[C@@H]21. The van der Waals surface area contributed by atoms with E-state index in [1.54, 1.807) is 0 Å². The van der Waals surface area contributed by atoms with E-state index in [0.717, 1.165) is 6.07 Å². The first-order chi connectivity index (χ1) is 12.3. The van der Waals surface area contributed by atoms with Crippen LogP contribution < -0.4 is 4.74 Å². The van der Waals surface area contributed by atoms with Gasteiger partial charge in [-0.05, 0) is 30.9 Å². The highest BCUT2D eigenvalue weighted by atomic mass is 19.3. The molecule has 0 radical (unpaired) electrons. The molecule has 1 aliphatic heterocycles. The zero-order valence-corrected chi connectivity index (χ0v) is 13.8. The van der Waals surface area contributed by atoms with Crippen LogP contribution in [0.3, 0.4) is 0 Å². The number of para-hydroxylation sites is 1. The summed E-state index contributed by atoms with van der Waals surface area (Å²) in [6, 6.07) is 4.81. The molecule has 26 heavy (non-hydrogen) atoms. The van der Waals surface area contributed by atoms with Crippen LogP contribution in [0.2, 0.25) is 0 Å². The van der Waals surface area contributed by atoms with Crippen LogP contribution in [-0.2, 0) is 4.74 Å². The maximum atomic E-state index is 13.3. The number of aliphatic hydroxyl groups excluding tert-OH is 1. The van der Waals surface area contributed by atoms with E-state index in [1.807, 2.05) is 0 Å². The fourth-order valence-electron chi connectivity index (χ4n) is 3.53. The molecule has 9 heteroatoms. The summed E-state index contributed by atoms with van der Waals surface area (Å²) >= 11 is 0. The van der Waals surface area contributed by atoms with Crippen molar-refractivity contribution in [3.63, 3.8) is 0 Å². The van der Waals surface area contributed by atoms with Crippen LogP contribution in [-0.4, -0.2) is 60.4 Å². The van der Waals surface area contributed by atoms with Crippen molar-refractivity contribution >= 4 is 5.91 Å². The van der Waals surface area contributed by atoms with Crippen molar-refractivity contribution in [1.82, 2.24) is 4.90 Å². The highest BCUT2D eigenvalue weighted by Gasteiger charge is 2.46. The largest absolute Gasteiger partial charge is 0.461 e. The minimum absolute atomic E-state index is 0.00643. The highest BCUT2D eigenvalue weighted by molar-refractivity contribution is 5.97. The standard InChI is InChI=1S/C17H19F4NO4/c18-16(19)17(20,21)26-13-4-2-1-3-11(13)15(24)22-5-6-25-14-8-10(9-23)7-12(14)22/h1-4,10,12,14,16,23H,5-9H2/t10-,12+,14?/m1/s1. The Morgan fingerprint density at radius 3 is 2.77 bits per heavy atom. The van der Waals surface area contributed by atoms with Gasteiger partial charge in [-0.1, -0.05) is 12.1 Å². The molecule has 3 atom stereocenters. The molecule has 1 aromatic carbocycles. The highest BCUT2D eigenvalue weighted by Crippen LogP contribution is 2.36. The Kier molecular flexibility index (Phi) is 5.38. The molecular weight excluding hydrogens is 358 g/mol. The molecule has 1 saturated heterocycles. The summed E-state index contributed by atoms with van der Waals surface area (Å²) < 4.78 is 61.2. The van der Waals surface area contributed by atoms with Crippen molar-refractivity contribution in [2.45, 2.75) is 37.5 Å². The molecule has 1 unspecified atom stereocenters. The van der Waals surface area contributed by atoms with Crippen LogP contribution >= 0.6 is 0 Å². The lowest BCUT2D eigenvalue weighted by Crippen LogP contribution is -2.51. The van der Waals surface area contributed by atoms with Crippen LogP contribution in [0.25, 0.3) is 0 Å². The van der Waals surface area contributed by atoms with Crippen LogP contribution in [0.4, 0.5) is 17.6 Å². The second kappa shape index (κ2) is 7.40. The maximum absolute atomic E-state index is 13.3. The molecule has 5 nitrogen and oxygen atoms in total. The van der Waals surface area contributed by atoms with E-state index in [0.29, 0.717) is 12.8 Å². The van der Waals surface area contributed by atoms with Gasteiger partial charge in [0, 0.05) is 13.2 Å². The Bertz CT molecular complexity index is 657. The molecule has 2 fully saturated rings. The molecular formula is C17H19F4NO4. The summed E-state index contributed by atoms with van der Waals surface area (Å²) in [6.45, 7) is 0.498. The lowest BCUT2D eigenvalue weighted by molar-refractivity contribution is -0.253. The van der Waals surface area contributed by atoms with E-state index >= 15 is 0 Å². The Hall–Kier alpha value is -1.87. The number of aliphatic hydroxyl groups is 1. The molecule has 0 bridgehead atoms. The average molecular weight is 377 g/mol. The number of carbonyl (C=O) groups excluding carboxylic acids is 1. The van der Waals surface area contributed by atoms with Gasteiger partial charge in [-0.15, -0.1) is 0 Å². The molecule has 1 saturated carbocycles. The number of benzene rings is 1. The maximum Gasteiger partial charge on any atom is 0.461 e. The Morgan fingerprint density at radius 1 is 1.35 bits per heavy atom. The third kappa shape index (κ3) is 3.64. The minimum atomic E-state index is -4.70. The van der Waals surface area contributed by atoms with Crippen molar-refractivity contribution in [3.8, 4) is 5.75 Å². The number of alkyl halides is 4. The summed E-state index contributed by atoms with van der Waals surface area (Å²) in [7, 11) is 0. The Balaban J connectivity index is 1.84. The number of hydrogen-bond acceptors (Lipinski definition) is 4. The van der Waals surface area contributed by atoms with Gasteiger partial charge >= 0.3 is 12.5 Å². The number of nitrogens with zero attached hydrogens (tertiary/aromatic N) is 1. The van der Waals surface area contributed by atoms with Gasteiger partial charge in [-0.2, -0.15) is 17.6 Å². The number of hydrogen-bond donors (Lipinski definition) is 1. The van der Waals surface area contributed by atoms with Gasteiger partial charge in [0.15, 0.2) is 0 Å². The third-order valence-electron chi connectivity index (χ3n) is 4.77. The Morgan fingerprint density at radius 2 is 2.08 bits per heavy atom. The van der Waals surface area contributed by atoms with E-state index in [4.69, 9.17) is 4.74 Å². The van der Waals surface area contributed by atoms with E-state index in [1.165, 1.54) is 23.1 Å². The predicted octanol–water partition coefficient (Wildman–Crippen LogP) is 2.54. The predicted molar refractivity (Wildman–Crippen MR) is 82.4 cm³/mol. The summed E-state index contributed by atoms with van der Waals surface area (Å²) in [6.07, 6.45) is -7.81. The van der Waals surface area contributed by atoms with Gasteiger partial charge in [-0.25, -0.2) is 0 Å². The molecule has 3 rings (SSSR count). The minimum Gasteiger partial charge on any atom is -0.427 e. The van der Waals surface area contributed by atoms with Gasteiger partial charge in [0.05, 0.1) is 24.3 Å². The summed E-state index contributed by atoms with van der Waals surface area (Å²) in [5, 5.41) is 9.35. The number of halogens is 4. The number of amides is 1. The lowest BCUT2D eigenvalue weighted by atomic mass is 10.1. The molecule has 0 spiro atoms. The van der Waals surface area contributed by atoms with E-state index in [-0.39, 0.29) is 43.4 Å². The number of carbonyl (C=O) groups is 1. The summed E-state index contributed by atoms with van der Waals surface area (Å²) in [5.41, 5.74) is -0.207. The molecule has 1 heterocycles. The van der Waals surface area contributed by atoms with Crippen molar-refractivity contribution in [2.75, 3.05) is 19.8 Å². The number of fused-ring (bicyclic) bond motifs is 1. The van der Waals surface area contributed by atoms with Crippen molar-refractivity contribution in [2.24, 2.45) is 5.92 Å². The van der Waals surface area contributed by atoms with E-state index in [2.05, 4.69) is 4.74 Å². The number of ether oxygens (including phenoxy) is 2. The fraction of sp³-hybridized carbons (Fsp3) is 0.588. The summed E-state index contributed by atoms with van der Waals surface area (Å²) in [5.74, 6) is -1.18. The molecule has 2 aliphatic rings. The van der Waals surface area contributed by atoms with Crippen molar-refractivity contribution in [3.05, 3.63) is 29.8 Å². The number of morpholine rings is 1. The van der Waals surface area contributed by atoms with Gasteiger partial charge in [-0.3, -0.25) is 4.79 Å². The van der Waals surface area contributed by atoms with E-state index < -0.39 is 24.2 Å². The lowest BCUT2D eigenvalue weighted by Gasteiger charge is -2.38. The second-order valence-electron chi connectivity index (χ2n) is 6.46. The van der Waals surface area contributed by atoms with Crippen LogP contribution in [0.5, 0.6) is 5.75 Å². The van der Waals surface area contributed by atoms with Gasteiger partial charge in [0.1, 0.15) is 5.75 Å². The normalized spacial score (nSPS) is 26.1. The first-order valence-corrected chi connectivity index (χ1v) is 8.31. The van der Waals surface area contributed by atoms with Crippen LogP contribution in [0.15, 0.2) is 24.3 Å².